The van der Waals surface area contributed by atoms with E-state index in [4.69, 9.17) is 14.7 Å². The van der Waals surface area contributed by atoms with Crippen LogP contribution in [-0.4, -0.2) is 33.2 Å². The third kappa shape index (κ3) is 5.41. The second kappa shape index (κ2) is 11.4. The Bertz CT molecular complexity index is 1730. The van der Waals surface area contributed by atoms with Gasteiger partial charge in [-0.15, -0.1) is 0 Å². The van der Waals surface area contributed by atoms with E-state index in [9.17, 15) is 0 Å². The number of rotatable bonds is 9. The molecular formula is C33H34N6O. The predicted octanol–water partition coefficient (Wildman–Crippen LogP) is 7.83. The first-order chi connectivity index (χ1) is 19.7. The summed E-state index contributed by atoms with van der Waals surface area (Å²) in [7, 11) is 1.72. The van der Waals surface area contributed by atoms with Crippen LogP contribution >= 0.6 is 0 Å². The number of nitrogens with one attached hydrogen (secondary N) is 2. The molecule has 2 heterocycles. The molecule has 0 saturated heterocycles. The SMILES string of the molecule is COCC(Nc1ccc(-n2ccnc2)cc1C)c1ccc(Nc2nc(-c3ccccc3)c3ccccc3n2)cc1.[HH].[HH]. The Morgan fingerprint density at radius 2 is 1.70 bits per heavy atom. The standard InChI is InChI=1S/C33H30N6O.2H2/c1-23-20-27(39-19-18-34-22-39)16-17-29(23)36-31(21-40-2)24-12-14-26(15-13-24)35-33-37-30-11-7-6-10-28(30)32(38-33)25-8-4-3-5-9-25;;/h3-20,22,31,36H,21H2,1-2H3,(H,35,37,38);2*1H. The summed E-state index contributed by atoms with van der Waals surface area (Å²) in [6, 6.07) is 32.9. The van der Waals surface area contributed by atoms with Crippen molar-refractivity contribution in [3.63, 3.8) is 0 Å². The molecule has 0 aliphatic rings. The zero-order valence-corrected chi connectivity index (χ0v) is 22.5. The summed E-state index contributed by atoms with van der Waals surface area (Å²) in [5, 5.41) is 8.08. The average molecular weight is 531 g/mol. The smallest absolute Gasteiger partial charge is 0.228 e. The van der Waals surface area contributed by atoms with Crippen LogP contribution < -0.4 is 10.6 Å². The van der Waals surface area contributed by atoms with E-state index >= 15 is 0 Å². The molecule has 2 N–H and O–H groups in total. The molecule has 1 atom stereocenters. The van der Waals surface area contributed by atoms with E-state index in [0.717, 1.165) is 50.3 Å². The summed E-state index contributed by atoms with van der Waals surface area (Å²) in [5.74, 6) is 0.561. The lowest BCUT2D eigenvalue weighted by Crippen LogP contribution is -2.17. The fraction of sp³-hybridized carbons (Fsp3) is 0.121. The number of benzene rings is 4. The molecule has 7 heteroatoms. The van der Waals surface area contributed by atoms with Gasteiger partial charge in [0.05, 0.1) is 30.2 Å². The van der Waals surface area contributed by atoms with E-state index in [1.165, 1.54) is 0 Å². The maximum Gasteiger partial charge on any atom is 0.228 e. The highest BCUT2D eigenvalue weighted by Crippen LogP contribution is 2.29. The zero-order chi connectivity index (χ0) is 27.3. The minimum Gasteiger partial charge on any atom is -0.382 e. The molecule has 6 rings (SSSR count). The molecule has 2 aromatic heterocycles. The summed E-state index contributed by atoms with van der Waals surface area (Å²) < 4.78 is 7.56. The number of methoxy groups -OCH3 is 1. The van der Waals surface area contributed by atoms with Crippen LogP contribution in [0.1, 0.15) is 20.0 Å². The van der Waals surface area contributed by atoms with Gasteiger partial charge in [-0.25, -0.2) is 15.0 Å². The fourth-order valence-electron chi connectivity index (χ4n) is 4.83. The van der Waals surface area contributed by atoms with Gasteiger partial charge in [0.15, 0.2) is 0 Å². The van der Waals surface area contributed by atoms with E-state index in [1.54, 1.807) is 19.6 Å². The molecule has 7 nitrogen and oxygen atoms in total. The highest BCUT2D eigenvalue weighted by atomic mass is 16.5. The van der Waals surface area contributed by atoms with Crippen molar-refractivity contribution in [1.29, 1.82) is 0 Å². The number of nitrogens with zero attached hydrogens (tertiary/aromatic N) is 4. The van der Waals surface area contributed by atoms with Crippen LogP contribution in [0.4, 0.5) is 17.3 Å². The number of hydrogen-bond donors (Lipinski definition) is 2. The molecule has 0 aliphatic carbocycles. The van der Waals surface area contributed by atoms with E-state index in [0.29, 0.717) is 12.6 Å². The van der Waals surface area contributed by atoms with Crippen molar-refractivity contribution in [2.24, 2.45) is 0 Å². The second-order valence-corrected chi connectivity index (χ2v) is 9.65. The molecule has 40 heavy (non-hydrogen) atoms. The van der Waals surface area contributed by atoms with Crippen molar-refractivity contribution in [2.75, 3.05) is 24.4 Å². The van der Waals surface area contributed by atoms with Gasteiger partial charge >= 0.3 is 0 Å². The normalized spacial score (nSPS) is 11.8. The van der Waals surface area contributed by atoms with E-state index < -0.39 is 0 Å². The predicted molar refractivity (Wildman–Crippen MR) is 165 cm³/mol. The van der Waals surface area contributed by atoms with Gasteiger partial charge in [0.1, 0.15) is 0 Å². The molecular weight excluding hydrogens is 496 g/mol. The molecule has 1 unspecified atom stereocenters. The number of aryl methyl sites for hydroxylation is 1. The first kappa shape index (κ1) is 25.3. The molecule has 202 valence electrons. The number of imidazole rings is 1. The Labute approximate surface area is 236 Å². The number of fused-ring (bicyclic) bond motifs is 1. The van der Waals surface area contributed by atoms with Crippen LogP contribution in [0.25, 0.3) is 27.8 Å². The lowest BCUT2D eigenvalue weighted by Gasteiger charge is -2.22. The number of anilines is 3. The first-order valence-electron chi connectivity index (χ1n) is 13.2. The second-order valence-electron chi connectivity index (χ2n) is 9.65. The third-order valence-corrected chi connectivity index (χ3v) is 6.90. The Morgan fingerprint density at radius 1 is 0.900 bits per heavy atom. The Morgan fingerprint density at radius 3 is 2.45 bits per heavy atom. The minimum atomic E-state index is -0.0153. The lowest BCUT2D eigenvalue weighted by atomic mass is 10.1. The molecule has 0 bridgehead atoms. The maximum atomic E-state index is 5.56. The van der Waals surface area contributed by atoms with Crippen molar-refractivity contribution >= 4 is 28.2 Å². The molecule has 0 aliphatic heterocycles. The summed E-state index contributed by atoms with van der Waals surface area (Å²) >= 11 is 0. The topological polar surface area (TPSA) is 76.9 Å². The van der Waals surface area contributed by atoms with Crippen molar-refractivity contribution < 1.29 is 7.59 Å². The highest BCUT2D eigenvalue weighted by Gasteiger charge is 2.14. The van der Waals surface area contributed by atoms with E-state index in [2.05, 4.69) is 83.2 Å². The van der Waals surface area contributed by atoms with Crippen molar-refractivity contribution in [2.45, 2.75) is 13.0 Å². The summed E-state index contributed by atoms with van der Waals surface area (Å²) in [4.78, 5) is 13.8. The highest BCUT2D eigenvalue weighted by molar-refractivity contribution is 5.93. The Balaban J connectivity index is 0.00000202. The summed E-state index contributed by atoms with van der Waals surface area (Å²) in [6.45, 7) is 2.64. The number of ether oxygens (including phenoxy) is 1. The van der Waals surface area contributed by atoms with Gasteiger partial charge in [-0.3, -0.25) is 0 Å². The van der Waals surface area contributed by atoms with Gasteiger partial charge < -0.3 is 19.9 Å². The van der Waals surface area contributed by atoms with Crippen LogP contribution in [0.2, 0.25) is 0 Å². The molecule has 0 radical (unpaired) electrons. The van der Waals surface area contributed by atoms with Crippen LogP contribution in [0, 0.1) is 6.92 Å². The molecule has 4 aromatic carbocycles. The van der Waals surface area contributed by atoms with Crippen molar-refractivity contribution in [1.82, 2.24) is 19.5 Å². The third-order valence-electron chi connectivity index (χ3n) is 6.90. The monoisotopic (exact) mass is 530 g/mol. The van der Waals surface area contributed by atoms with Gasteiger partial charge in [-0.1, -0.05) is 60.7 Å². The Kier molecular flexibility index (Phi) is 7.20. The summed E-state index contributed by atoms with van der Waals surface area (Å²) in [6.07, 6.45) is 5.52. The fourth-order valence-corrected chi connectivity index (χ4v) is 4.83. The minimum absolute atomic E-state index is 0. The van der Waals surface area contributed by atoms with Gasteiger partial charge in [-0.05, 0) is 54.4 Å². The van der Waals surface area contributed by atoms with Gasteiger partial charge in [0, 0.05) is 50.4 Å². The molecule has 6 aromatic rings. The van der Waals surface area contributed by atoms with Crippen LogP contribution in [0.3, 0.4) is 0 Å². The molecule has 0 fully saturated rings. The molecule has 0 amide bonds. The largest absolute Gasteiger partial charge is 0.382 e. The first-order valence-corrected chi connectivity index (χ1v) is 13.2. The van der Waals surface area contributed by atoms with Gasteiger partial charge in [-0.2, -0.15) is 0 Å². The number of aromatic nitrogens is 4. The zero-order valence-electron chi connectivity index (χ0n) is 22.5. The van der Waals surface area contributed by atoms with Gasteiger partial charge in [0.25, 0.3) is 0 Å². The van der Waals surface area contributed by atoms with Crippen LogP contribution in [0.15, 0.2) is 116 Å². The Hall–Kier alpha value is -5.01. The number of para-hydroxylation sites is 1. The maximum absolute atomic E-state index is 5.56. The van der Waals surface area contributed by atoms with Crippen molar-refractivity contribution in [3.05, 3.63) is 127 Å². The van der Waals surface area contributed by atoms with E-state index in [1.807, 2.05) is 47.2 Å². The average Bonchev–Trinajstić information content (AvgIpc) is 3.54. The van der Waals surface area contributed by atoms with Crippen molar-refractivity contribution in [3.8, 4) is 16.9 Å². The van der Waals surface area contributed by atoms with Crippen LogP contribution in [-0.2, 0) is 4.74 Å². The van der Waals surface area contributed by atoms with Crippen LogP contribution in [0.5, 0.6) is 0 Å². The van der Waals surface area contributed by atoms with Gasteiger partial charge in [0.2, 0.25) is 5.95 Å². The molecule has 0 spiro atoms. The molecule has 0 saturated carbocycles. The van der Waals surface area contributed by atoms with E-state index in [-0.39, 0.29) is 8.90 Å². The lowest BCUT2D eigenvalue weighted by molar-refractivity contribution is 0.186. The summed E-state index contributed by atoms with van der Waals surface area (Å²) in [5.41, 5.74) is 8.18. The number of hydrogen-bond acceptors (Lipinski definition) is 6. The quantitative estimate of drug-likeness (QED) is 0.198.